The minimum absolute atomic E-state index is 0.122. The molecule has 0 spiro atoms. The van der Waals surface area contributed by atoms with Gasteiger partial charge in [0.2, 0.25) is 0 Å². The molecule has 34 heavy (non-hydrogen) atoms. The lowest BCUT2D eigenvalue weighted by Crippen LogP contribution is -2.35. The number of thiazole rings is 1. The molecule has 0 bridgehead atoms. The SMILES string of the molecule is COc1cccc(-c2nc(COC(=O)CN3C(=O)c4cccc([N+](=O)[O-])c4C3=O)cs2)c1OC. The number of nitro groups is 1. The van der Waals surface area contributed by atoms with Crippen molar-refractivity contribution in [2.24, 2.45) is 0 Å². The molecule has 0 fully saturated rings. The Hall–Kier alpha value is -4.32. The number of carbonyl (C=O) groups excluding carboxylic acids is 3. The number of benzene rings is 2. The van der Waals surface area contributed by atoms with Gasteiger partial charge in [0.05, 0.1) is 36.0 Å². The fourth-order valence-corrected chi connectivity index (χ4v) is 4.32. The molecule has 0 N–H and O–H groups in total. The van der Waals surface area contributed by atoms with Gasteiger partial charge in [0.15, 0.2) is 11.5 Å². The van der Waals surface area contributed by atoms with Crippen LogP contribution in [0.2, 0.25) is 0 Å². The zero-order chi connectivity index (χ0) is 24.4. The molecule has 1 aliphatic rings. The van der Waals surface area contributed by atoms with E-state index in [1.807, 2.05) is 6.07 Å². The first-order chi connectivity index (χ1) is 16.3. The fourth-order valence-electron chi connectivity index (χ4n) is 3.49. The third-order valence-corrected chi connectivity index (χ3v) is 5.95. The van der Waals surface area contributed by atoms with E-state index in [2.05, 4.69) is 4.98 Å². The molecule has 2 aromatic carbocycles. The number of fused-ring (bicyclic) bond motifs is 1. The van der Waals surface area contributed by atoms with Gasteiger partial charge >= 0.3 is 5.97 Å². The highest BCUT2D eigenvalue weighted by atomic mass is 32.1. The Morgan fingerprint density at radius 1 is 1.09 bits per heavy atom. The first-order valence-corrected chi connectivity index (χ1v) is 10.7. The predicted octanol–water partition coefficient (Wildman–Crippen LogP) is 3.07. The predicted molar refractivity (Wildman–Crippen MR) is 119 cm³/mol. The number of aromatic nitrogens is 1. The van der Waals surface area contributed by atoms with Gasteiger partial charge < -0.3 is 14.2 Å². The normalized spacial score (nSPS) is 12.5. The van der Waals surface area contributed by atoms with Crippen LogP contribution >= 0.6 is 11.3 Å². The summed E-state index contributed by atoms with van der Waals surface area (Å²) in [4.78, 5) is 52.9. The maximum atomic E-state index is 12.6. The maximum absolute atomic E-state index is 12.6. The number of esters is 1. The van der Waals surface area contributed by atoms with Crippen LogP contribution in [-0.2, 0) is 16.1 Å². The van der Waals surface area contributed by atoms with Crippen LogP contribution in [0.1, 0.15) is 26.4 Å². The van der Waals surface area contributed by atoms with Gasteiger partial charge in [0.25, 0.3) is 17.5 Å². The highest BCUT2D eigenvalue weighted by Crippen LogP contribution is 2.39. The van der Waals surface area contributed by atoms with Crippen LogP contribution in [0.15, 0.2) is 41.8 Å². The molecule has 1 aromatic heterocycles. The van der Waals surface area contributed by atoms with Gasteiger partial charge in [-0.3, -0.25) is 29.4 Å². The van der Waals surface area contributed by atoms with E-state index in [4.69, 9.17) is 14.2 Å². The molecule has 0 unspecified atom stereocenters. The highest BCUT2D eigenvalue weighted by Gasteiger charge is 2.41. The molecule has 0 aliphatic carbocycles. The minimum Gasteiger partial charge on any atom is -0.493 e. The highest BCUT2D eigenvalue weighted by molar-refractivity contribution is 7.13. The van der Waals surface area contributed by atoms with Crippen molar-refractivity contribution in [2.75, 3.05) is 20.8 Å². The molecule has 11 nitrogen and oxygen atoms in total. The summed E-state index contributed by atoms with van der Waals surface area (Å²) in [5.41, 5.74) is 0.216. The number of nitro benzene ring substituents is 1. The molecule has 2 heterocycles. The van der Waals surface area contributed by atoms with Crippen LogP contribution in [0.25, 0.3) is 10.6 Å². The molecule has 174 valence electrons. The Morgan fingerprint density at radius 2 is 1.82 bits per heavy atom. The van der Waals surface area contributed by atoms with Crippen molar-refractivity contribution < 1.29 is 33.5 Å². The molecule has 1 aliphatic heterocycles. The molecule has 0 saturated heterocycles. The van der Waals surface area contributed by atoms with Crippen molar-refractivity contribution in [3.63, 3.8) is 0 Å². The van der Waals surface area contributed by atoms with Gasteiger partial charge in [-0.2, -0.15) is 0 Å². The molecule has 3 aromatic rings. The lowest BCUT2D eigenvalue weighted by Gasteiger charge is -2.12. The fraction of sp³-hybridized carbons (Fsp3) is 0.182. The summed E-state index contributed by atoms with van der Waals surface area (Å²) in [6, 6.07) is 9.11. The van der Waals surface area contributed by atoms with E-state index in [0.29, 0.717) is 32.7 Å². The largest absolute Gasteiger partial charge is 0.493 e. The van der Waals surface area contributed by atoms with Crippen LogP contribution in [0, 0.1) is 10.1 Å². The summed E-state index contributed by atoms with van der Waals surface area (Å²) in [6.45, 7) is -0.866. The smallest absolute Gasteiger partial charge is 0.326 e. The average molecular weight is 483 g/mol. The van der Waals surface area contributed by atoms with E-state index < -0.39 is 34.9 Å². The van der Waals surface area contributed by atoms with Crippen molar-refractivity contribution in [2.45, 2.75) is 6.61 Å². The number of rotatable bonds is 8. The van der Waals surface area contributed by atoms with Gasteiger partial charge in [-0.05, 0) is 18.2 Å². The summed E-state index contributed by atoms with van der Waals surface area (Å²) in [5, 5.41) is 13.5. The molecular formula is C22H17N3O8S. The van der Waals surface area contributed by atoms with E-state index in [-0.39, 0.29) is 17.7 Å². The Kier molecular flexibility index (Phi) is 6.23. The second-order valence-corrected chi connectivity index (χ2v) is 7.86. The third kappa shape index (κ3) is 4.06. The lowest BCUT2D eigenvalue weighted by atomic mass is 10.1. The summed E-state index contributed by atoms with van der Waals surface area (Å²) < 4.78 is 15.9. The van der Waals surface area contributed by atoms with Gasteiger partial charge in [0, 0.05) is 11.4 Å². The Balaban J connectivity index is 1.43. The van der Waals surface area contributed by atoms with Crippen LogP contribution < -0.4 is 9.47 Å². The van der Waals surface area contributed by atoms with Crippen molar-refractivity contribution in [1.82, 2.24) is 9.88 Å². The average Bonchev–Trinajstić information content (AvgIpc) is 3.41. The Bertz CT molecular complexity index is 1320. The lowest BCUT2D eigenvalue weighted by molar-refractivity contribution is -0.385. The van der Waals surface area contributed by atoms with Crippen molar-refractivity contribution in [3.8, 4) is 22.1 Å². The van der Waals surface area contributed by atoms with Crippen LogP contribution in [0.4, 0.5) is 5.69 Å². The number of nitrogens with zero attached hydrogens (tertiary/aromatic N) is 3. The van der Waals surface area contributed by atoms with E-state index in [9.17, 15) is 24.5 Å². The molecular weight excluding hydrogens is 466 g/mol. The molecule has 0 radical (unpaired) electrons. The number of amides is 2. The molecule has 0 saturated carbocycles. The second kappa shape index (κ2) is 9.27. The van der Waals surface area contributed by atoms with Gasteiger partial charge in [0.1, 0.15) is 23.7 Å². The minimum atomic E-state index is -0.912. The third-order valence-electron chi connectivity index (χ3n) is 5.03. The number of imide groups is 1. The van der Waals surface area contributed by atoms with Crippen molar-refractivity contribution in [1.29, 1.82) is 0 Å². The zero-order valence-electron chi connectivity index (χ0n) is 18.0. The van der Waals surface area contributed by atoms with E-state index in [1.54, 1.807) is 17.5 Å². The van der Waals surface area contributed by atoms with E-state index >= 15 is 0 Å². The number of para-hydroxylation sites is 1. The second-order valence-electron chi connectivity index (χ2n) is 7.00. The standard InChI is InChI=1S/C22H17N3O8S/c1-31-16-8-4-6-14(19(16)32-2)20-23-12(11-34-20)10-33-17(26)9-24-21(27)13-5-3-7-15(25(29)30)18(13)22(24)28/h3-8,11H,9-10H2,1-2H3. The summed E-state index contributed by atoms with van der Waals surface area (Å²) >= 11 is 1.31. The first-order valence-electron chi connectivity index (χ1n) is 9.80. The molecule has 12 heteroatoms. The Morgan fingerprint density at radius 3 is 2.53 bits per heavy atom. The summed E-state index contributed by atoms with van der Waals surface area (Å²) in [6.07, 6.45) is 0. The van der Waals surface area contributed by atoms with Gasteiger partial charge in [-0.1, -0.05) is 12.1 Å². The number of ether oxygens (including phenoxy) is 3. The van der Waals surface area contributed by atoms with E-state index in [0.717, 1.165) is 6.07 Å². The van der Waals surface area contributed by atoms with Crippen LogP contribution in [-0.4, -0.2) is 53.4 Å². The summed E-state index contributed by atoms with van der Waals surface area (Å²) in [7, 11) is 3.05. The number of methoxy groups -OCH3 is 2. The van der Waals surface area contributed by atoms with Gasteiger partial charge in [-0.15, -0.1) is 11.3 Å². The topological polar surface area (TPSA) is 138 Å². The quantitative estimate of drug-likeness (QED) is 0.205. The Labute approximate surface area is 196 Å². The van der Waals surface area contributed by atoms with Crippen LogP contribution in [0.5, 0.6) is 11.5 Å². The molecule has 2 amide bonds. The maximum Gasteiger partial charge on any atom is 0.326 e. The number of hydrogen-bond donors (Lipinski definition) is 0. The van der Waals surface area contributed by atoms with Crippen molar-refractivity contribution >= 4 is 34.8 Å². The molecule has 4 rings (SSSR count). The number of carbonyl (C=O) groups is 3. The number of hydrogen-bond acceptors (Lipinski definition) is 10. The zero-order valence-corrected chi connectivity index (χ0v) is 18.8. The summed E-state index contributed by atoms with van der Waals surface area (Å²) in [5.74, 6) is -1.50. The van der Waals surface area contributed by atoms with Gasteiger partial charge in [-0.25, -0.2) is 4.98 Å². The monoisotopic (exact) mass is 483 g/mol. The van der Waals surface area contributed by atoms with Crippen molar-refractivity contribution in [3.05, 3.63) is 68.7 Å². The van der Waals surface area contributed by atoms with E-state index in [1.165, 1.54) is 37.7 Å². The molecule has 0 atom stereocenters. The first kappa shape index (κ1) is 22.9. The van der Waals surface area contributed by atoms with Crippen LogP contribution in [0.3, 0.4) is 0 Å².